The Labute approximate surface area is 177 Å². The Hall–Kier alpha value is -1.96. The van der Waals surface area contributed by atoms with Crippen LogP contribution in [0.15, 0.2) is 44.7 Å². The van der Waals surface area contributed by atoms with Crippen molar-refractivity contribution in [1.82, 2.24) is 4.98 Å². The van der Waals surface area contributed by atoms with E-state index in [1.165, 1.54) is 0 Å². The summed E-state index contributed by atoms with van der Waals surface area (Å²) in [6.07, 6.45) is 2.73. The standard InChI is InChI=1S/C20H14Br2N2O2S/c1-2-18-23-17(9-27-18)11-3-4-16-12(8-11)13(20(26)24-16)5-10-6-14(21)19(25)15(22)7-10/h3-9,25H,2H2,1H3,(H,24,26). The Morgan fingerprint density at radius 3 is 2.63 bits per heavy atom. The molecular weight excluding hydrogens is 492 g/mol. The lowest BCUT2D eigenvalue weighted by Crippen LogP contribution is -2.03. The number of thiazole rings is 1. The first kappa shape index (κ1) is 18.4. The molecule has 136 valence electrons. The van der Waals surface area contributed by atoms with Gasteiger partial charge in [-0.15, -0.1) is 11.3 Å². The molecule has 0 spiro atoms. The quantitative estimate of drug-likeness (QED) is 0.423. The van der Waals surface area contributed by atoms with Gasteiger partial charge >= 0.3 is 0 Å². The fraction of sp³-hybridized carbons (Fsp3) is 0.100. The van der Waals surface area contributed by atoms with Crippen LogP contribution in [0.2, 0.25) is 0 Å². The number of hydrogen-bond donors (Lipinski definition) is 2. The van der Waals surface area contributed by atoms with Crippen molar-refractivity contribution in [3.63, 3.8) is 0 Å². The van der Waals surface area contributed by atoms with Crippen molar-refractivity contribution in [2.45, 2.75) is 13.3 Å². The number of anilines is 1. The molecule has 1 aliphatic rings. The monoisotopic (exact) mass is 504 g/mol. The molecule has 1 aliphatic heterocycles. The van der Waals surface area contributed by atoms with E-state index in [2.05, 4.69) is 49.1 Å². The number of carbonyl (C=O) groups excluding carboxylic acids is 1. The van der Waals surface area contributed by atoms with Gasteiger partial charge < -0.3 is 10.4 Å². The highest BCUT2D eigenvalue weighted by Crippen LogP contribution is 2.38. The number of phenols is 1. The van der Waals surface area contributed by atoms with E-state index < -0.39 is 0 Å². The van der Waals surface area contributed by atoms with E-state index in [1.54, 1.807) is 23.5 Å². The van der Waals surface area contributed by atoms with Gasteiger partial charge in [0, 0.05) is 27.8 Å². The SMILES string of the molecule is CCc1nc(-c2ccc3c(c2)C(=Cc2cc(Br)c(O)c(Br)c2)C(=O)N3)cs1. The van der Waals surface area contributed by atoms with Crippen LogP contribution in [0.1, 0.15) is 23.1 Å². The Balaban J connectivity index is 1.79. The van der Waals surface area contributed by atoms with Crippen LogP contribution in [0.3, 0.4) is 0 Å². The third-order valence-corrected chi connectivity index (χ3v) is 6.50. The molecule has 0 saturated heterocycles. The fourth-order valence-corrected chi connectivity index (χ4v) is 4.91. The summed E-state index contributed by atoms with van der Waals surface area (Å²) >= 11 is 8.30. The third-order valence-electron chi connectivity index (χ3n) is 4.30. The van der Waals surface area contributed by atoms with Crippen molar-refractivity contribution in [2.24, 2.45) is 0 Å². The first-order valence-corrected chi connectivity index (χ1v) is 10.7. The maximum atomic E-state index is 12.5. The summed E-state index contributed by atoms with van der Waals surface area (Å²) in [5.41, 5.74) is 4.94. The van der Waals surface area contributed by atoms with Crippen LogP contribution < -0.4 is 5.32 Å². The van der Waals surface area contributed by atoms with Gasteiger partial charge in [0.1, 0.15) is 5.75 Å². The summed E-state index contributed by atoms with van der Waals surface area (Å²) in [7, 11) is 0. The summed E-state index contributed by atoms with van der Waals surface area (Å²) in [4.78, 5) is 17.1. The zero-order valence-electron chi connectivity index (χ0n) is 14.2. The van der Waals surface area contributed by atoms with Crippen LogP contribution in [-0.2, 0) is 11.2 Å². The molecule has 27 heavy (non-hydrogen) atoms. The highest BCUT2D eigenvalue weighted by molar-refractivity contribution is 9.11. The summed E-state index contributed by atoms with van der Waals surface area (Å²) in [6, 6.07) is 9.44. The van der Waals surface area contributed by atoms with Gasteiger partial charge in [0.25, 0.3) is 5.91 Å². The van der Waals surface area contributed by atoms with E-state index in [-0.39, 0.29) is 11.7 Å². The number of halogens is 2. The molecule has 4 rings (SSSR count). The predicted molar refractivity (Wildman–Crippen MR) is 117 cm³/mol. The van der Waals surface area contributed by atoms with E-state index in [9.17, 15) is 9.90 Å². The lowest BCUT2D eigenvalue weighted by molar-refractivity contribution is -0.110. The second-order valence-corrected chi connectivity index (χ2v) is 8.74. The van der Waals surface area contributed by atoms with Crippen LogP contribution in [0.4, 0.5) is 5.69 Å². The van der Waals surface area contributed by atoms with Gasteiger partial charge in [0.05, 0.1) is 19.6 Å². The number of rotatable bonds is 3. The average Bonchev–Trinajstić information content (AvgIpc) is 3.24. The van der Waals surface area contributed by atoms with E-state index in [1.807, 2.05) is 29.7 Å². The van der Waals surface area contributed by atoms with Gasteiger partial charge in [0.2, 0.25) is 0 Å². The number of hydrogen-bond acceptors (Lipinski definition) is 4. The smallest absolute Gasteiger partial charge is 0.256 e. The number of fused-ring (bicyclic) bond motifs is 1. The highest BCUT2D eigenvalue weighted by Gasteiger charge is 2.25. The zero-order valence-corrected chi connectivity index (χ0v) is 18.2. The maximum Gasteiger partial charge on any atom is 0.256 e. The Bertz CT molecular complexity index is 1080. The van der Waals surface area contributed by atoms with Gasteiger partial charge in [-0.1, -0.05) is 13.0 Å². The lowest BCUT2D eigenvalue weighted by atomic mass is 10.0. The maximum absolute atomic E-state index is 12.5. The number of aryl methyl sites for hydroxylation is 1. The summed E-state index contributed by atoms with van der Waals surface area (Å²) in [5.74, 6) is -0.0130. The molecule has 0 atom stereocenters. The lowest BCUT2D eigenvalue weighted by Gasteiger charge is -2.05. The van der Waals surface area contributed by atoms with Crippen LogP contribution in [-0.4, -0.2) is 16.0 Å². The predicted octanol–water partition coefficient (Wildman–Crippen LogP) is 6.10. The van der Waals surface area contributed by atoms with E-state index in [4.69, 9.17) is 0 Å². The highest BCUT2D eigenvalue weighted by atomic mass is 79.9. The minimum Gasteiger partial charge on any atom is -0.506 e. The molecule has 7 heteroatoms. The van der Waals surface area contributed by atoms with Crippen molar-refractivity contribution in [3.05, 3.63) is 60.8 Å². The fourth-order valence-electron chi connectivity index (χ4n) is 2.93. The molecule has 0 bridgehead atoms. The molecule has 2 aromatic carbocycles. The minimum absolute atomic E-state index is 0.131. The second kappa shape index (κ2) is 7.22. The molecule has 3 aromatic rings. The molecule has 2 N–H and O–H groups in total. The molecule has 0 fully saturated rings. The number of phenolic OH excluding ortho intramolecular Hbond substituents is 1. The number of nitrogens with zero attached hydrogens (tertiary/aromatic N) is 1. The van der Waals surface area contributed by atoms with Gasteiger partial charge in [-0.05, 0) is 74.2 Å². The third kappa shape index (κ3) is 3.47. The largest absolute Gasteiger partial charge is 0.506 e. The Morgan fingerprint density at radius 1 is 1.22 bits per heavy atom. The van der Waals surface area contributed by atoms with Crippen molar-refractivity contribution < 1.29 is 9.90 Å². The van der Waals surface area contributed by atoms with Gasteiger partial charge in [-0.3, -0.25) is 4.79 Å². The number of carbonyl (C=O) groups is 1. The minimum atomic E-state index is -0.144. The molecule has 1 amide bonds. The summed E-state index contributed by atoms with van der Waals surface area (Å²) in [6.45, 7) is 2.09. The number of nitrogens with one attached hydrogen (secondary N) is 1. The van der Waals surface area contributed by atoms with E-state index >= 15 is 0 Å². The normalized spacial score (nSPS) is 14.5. The number of aromatic nitrogens is 1. The topological polar surface area (TPSA) is 62.2 Å². The van der Waals surface area contributed by atoms with Crippen LogP contribution in [0, 0.1) is 0 Å². The van der Waals surface area contributed by atoms with Gasteiger partial charge in [-0.25, -0.2) is 4.98 Å². The number of amides is 1. The number of aromatic hydroxyl groups is 1. The van der Waals surface area contributed by atoms with E-state index in [0.29, 0.717) is 14.5 Å². The first-order valence-electron chi connectivity index (χ1n) is 8.26. The molecule has 0 saturated carbocycles. The van der Waals surface area contributed by atoms with Crippen molar-refractivity contribution in [2.75, 3.05) is 5.32 Å². The zero-order chi connectivity index (χ0) is 19.1. The van der Waals surface area contributed by atoms with Crippen LogP contribution in [0.25, 0.3) is 22.9 Å². The Morgan fingerprint density at radius 2 is 1.96 bits per heavy atom. The second-order valence-electron chi connectivity index (χ2n) is 6.09. The van der Waals surface area contributed by atoms with Crippen LogP contribution >= 0.6 is 43.2 Å². The molecule has 2 heterocycles. The van der Waals surface area contributed by atoms with Crippen molar-refractivity contribution >= 4 is 66.4 Å². The van der Waals surface area contributed by atoms with Gasteiger partial charge in [0.15, 0.2) is 0 Å². The molecular formula is C20H14Br2N2O2S. The Kier molecular flexibility index (Phi) is 4.92. The average molecular weight is 506 g/mol. The molecule has 0 radical (unpaired) electrons. The van der Waals surface area contributed by atoms with Crippen molar-refractivity contribution in [1.29, 1.82) is 0 Å². The molecule has 0 aliphatic carbocycles. The number of benzene rings is 2. The van der Waals surface area contributed by atoms with E-state index in [0.717, 1.165) is 39.5 Å². The summed E-state index contributed by atoms with van der Waals surface area (Å²) in [5, 5.41) is 15.9. The van der Waals surface area contributed by atoms with Gasteiger partial charge in [-0.2, -0.15) is 0 Å². The molecule has 1 aromatic heterocycles. The van der Waals surface area contributed by atoms with Crippen molar-refractivity contribution in [3.8, 4) is 17.0 Å². The summed E-state index contributed by atoms with van der Waals surface area (Å²) < 4.78 is 1.12. The molecule has 0 unspecified atom stereocenters. The van der Waals surface area contributed by atoms with Crippen LogP contribution in [0.5, 0.6) is 5.75 Å². The molecule has 4 nitrogen and oxygen atoms in total. The first-order chi connectivity index (χ1) is 13.0.